The standard InChI is InChI=1S/C15H23N3O/c1-17(2)15(19)7-6-13-4-3-5-14(12-13)18-10-8-16-9-11-18/h3-5,12,16H,6-11H2,1-2H3. The minimum atomic E-state index is 0.188. The molecule has 2 rings (SSSR count). The molecule has 19 heavy (non-hydrogen) atoms. The van der Waals surface area contributed by atoms with Gasteiger partial charge in [-0.25, -0.2) is 0 Å². The zero-order chi connectivity index (χ0) is 13.7. The number of nitrogens with zero attached hydrogens (tertiary/aromatic N) is 2. The fourth-order valence-electron chi connectivity index (χ4n) is 2.31. The molecule has 0 spiro atoms. The van der Waals surface area contributed by atoms with Crippen molar-refractivity contribution in [1.29, 1.82) is 0 Å². The lowest BCUT2D eigenvalue weighted by molar-refractivity contribution is -0.128. The summed E-state index contributed by atoms with van der Waals surface area (Å²) in [5, 5.41) is 3.36. The van der Waals surface area contributed by atoms with Gasteiger partial charge in [0.05, 0.1) is 0 Å². The molecular weight excluding hydrogens is 238 g/mol. The second-order valence-corrected chi connectivity index (χ2v) is 5.20. The van der Waals surface area contributed by atoms with Crippen LogP contribution in [0.5, 0.6) is 0 Å². The summed E-state index contributed by atoms with van der Waals surface area (Å²) in [5.74, 6) is 0.188. The number of benzene rings is 1. The van der Waals surface area contributed by atoms with E-state index in [0.717, 1.165) is 32.6 Å². The molecule has 0 aliphatic carbocycles. The number of anilines is 1. The third kappa shape index (κ3) is 3.96. The van der Waals surface area contributed by atoms with Crippen LogP contribution in [0.4, 0.5) is 5.69 Å². The Labute approximate surface area is 115 Å². The zero-order valence-electron chi connectivity index (χ0n) is 11.9. The van der Waals surface area contributed by atoms with Gasteiger partial charge in [-0.05, 0) is 24.1 Å². The number of nitrogens with one attached hydrogen (secondary N) is 1. The van der Waals surface area contributed by atoms with Gasteiger partial charge in [0.2, 0.25) is 5.91 Å². The number of aryl methyl sites for hydroxylation is 1. The summed E-state index contributed by atoms with van der Waals surface area (Å²) in [5.41, 5.74) is 2.52. The van der Waals surface area contributed by atoms with Crippen LogP contribution in [-0.2, 0) is 11.2 Å². The number of hydrogen-bond acceptors (Lipinski definition) is 3. The summed E-state index contributed by atoms with van der Waals surface area (Å²) in [6.45, 7) is 4.20. The van der Waals surface area contributed by atoms with Crippen molar-refractivity contribution in [2.75, 3.05) is 45.2 Å². The average Bonchev–Trinajstić information content (AvgIpc) is 2.46. The van der Waals surface area contributed by atoms with E-state index in [1.165, 1.54) is 11.3 Å². The number of carbonyl (C=O) groups excluding carboxylic acids is 1. The van der Waals surface area contributed by atoms with Crippen molar-refractivity contribution >= 4 is 11.6 Å². The molecule has 0 unspecified atom stereocenters. The van der Waals surface area contributed by atoms with Gasteiger partial charge in [-0.1, -0.05) is 12.1 Å². The maximum Gasteiger partial charge on any atom is 0.222 e. The summed E-state index contributed by atoms with van der Waals surface area (Å²) in [4.78, 5) is 15.7. The van der Waals surface area contributed by atoms with E-state index in [-0.39, 0.29) is 5.91 Å². The van der Waals surface area contributed by atoms with Crippen molar-refractivity contribution in [3.05, 3.63) is 29.8 Å². The SMILES string of the molecule is CN(C)C(=O)CCc1cccc(N2CCNCC2)c1. The molecule has 0 saturated carbocycles. The molecule has 0 atom stereocenters. The van der Waals surface area contributed by atoms with Crippen LogP contribution in [0, 0.1) is 0 Å². The molecule has 4 heteroatoms. The van der Waals surface area contributed by atoms with Gasteiger partial charge in [-0.15, -0.1) is 0 Å². The van der Waals surface area contributed by atoms with E-state index in [0.29, 0.717) is 6.42 Å². The number of hydrogen-bond donors (Lipinski definition) is 1. The van der Waals surface area contributed by atoms with Crippen LogP contribution in [0.25, 0.3) is 0 Å². The lowest BCUT2D eigenvalue weighted by Crippen LogP contribution is -2.43. The second kappa shape index (κ2) is 6.57. The number of rotatable bonds is 4. The highest BCUT2D eigenvalue weighted by Crippen LogP contribution is 2.17. The van der Waals surface area contributed by atoms with Crippen LogP contribution < -0.4 is 10.2 Å². The van der Waals surface area contributed by atoms with Gasteiger partial charge in [-0.3, -0.25) is 4.79 Å². The van der Waals surface area contributed by atoms with Gasteiger partial charge in [0.1, 0.15) is 0 Å². The maximum absolute atomic E-state index is 11.6. The Hall–Kier alpha value is -1.55. The predicted octanol–water partition coefficient (Wildman–Crippen LogP) is 1.12. The minimum Gasteiger partial charge on any atom is -0.369 e. The fourth-order valence-corrected chi connectivity index (χ4v) is 2.31. The first kappa shape index (κ1) is 13.9. The molecule has 1 amide bonds. The van der Waals surface area contributed by atoms with Crippen molar-refractivity contribution in [3.63, 3.8) is 0 Å². The van der Waals surface area contributed by atoms with Crippen LogP contribution in [0.15, 0.2) is 24.3 Å². The summed E-state index contributed by atoms with van der Waals surface area (Å²) in [7, 11) is 3.61. The Balaban J connectivity index is 1.96. The lowest BCUT2D eigenvalue weighted by Gasteiger charge is -2.29. The molecule has 104 valence electrons. The molecular formula is C15H23N3O. The molecule has 1 aliphatic rings. The molecule has 1 aliphatic heterocycles. The molecule has 1 aromatic rings. The Morgan fingerprint density at radius 2 is 2.05 bits per heavy atom. The van der Waals surface area contributed by atoms with Crippen molar-refractivity contribution in [3.8, 4) is 0 Å². The van der Waals surface area contributed by atoms with Crippen LogP contribution >= 0.6 is 0 Å². The van der Waals surface area contributed by atoms with E-state index in [4.69, 9.17) is 0 Å². The summed E-state index contributed by atoms with van der Waals surface area (Å²) in [6.07, 6.45) is 1.40. The molecule has 4 nitrogen and oxygen atoms in total. The molecule has 1 fully saturated rings. The third-order valence-electron chi connectivity index (χ3n) is 3.52. The molecule has 1 N–H and O–H groups in total. The van der Waals surface area contributed by atoms with Gasteiger partial charge < -0.3 is 15.1 Å². The molecule has 0 radical (unpaired) electrons. The molecule has 1 heterocycles. The highest BCUT2D eigenvalue weighted by atomic mass is 16.2. The molecule has 0 aromatic heterocycles. The minimum absolute atomic E-state index is 0.188. The quantitative estimate of drug-likeness (QED) is 0.882. The monoisotopic (exact) mass is 261 g/mol. The van der Waals surface area contributed by atoms with Crippen molar-refractivity contribution < 1.29 is 4.79 Å². The van der Waals surface area contributed by atoms with E-state index in [2.05, 4.69) is 34.5 Å². The summed E-state index contributed by atoms with van der Waals surface area (Å²) < 4.78 is 0. The second-order valence-electron chi connectivity index (χ2n) is 5.20. The smallest absolute Gasteiger partial charge is 0.222 e. The third-order valence-corrected chi connectivity index (χ3v) is 3.52. The first-order valence-corrected chi connectivity index (χ1v) is 6.91. The molecule has 0 bridgehead atoms. The Kier molecular flexibility index (Phi) is 4.80. The van der Waals surface area contributed by atoms with Gasteiger partial charge in [0, 0.05) is 52.4 Å². The van der Waals surface area contributed by atoms with Crippen LogP contribution in [-0.4, -0.2) is 51.1 Å². The van der Waals surface area contributed by atoms with E-state index in [9.17, 15) is 4.79 Å². The van der Waals surface area contributed by atoms with Crippen molar-refractivity contribution in [2.45, 2.75) is 12.8 Å². The highest BCUT2D eigenvalue weighted by Gasteiger charge is 2.11. The lowest BCUT2D eigenvalue weighted by atomic mass is 10.1. The van der Waals surface area contributed by atoms with Gasteiger partial charge in [0.25, 0.3) is 0 Å². The van der Waals surface area contributed by atoms with Gasteiger partial charge >= 0.3 is 0 Å². The van der Waals surface area contributed by atoms with E-state index < -0.39 is 0 Å². The largest absolute Gasteiger partial charge is 0.369 e. The van der Waals surface area contributed by atoms with Crippen LogP contribution in [0.1, 0.15) is 12.0 Å². The first-order chi connectivity index (χ1) is 9.16. The van der Waals surface area contributed by atoms with Gasteiger partial charge in [0.15, 0.2) is 0 Å². The number of piperazine rings is 1. The molecule has 1 aromatic carbocycles. The number of amides is 1. The average molecular weight is 261 g/mol. The predicted molar refractivity (Wildman–Crippen MR) is 78.5 cm³/mol. The molecule has 1 saturated heterocycles. The topological polar surface area (TPSA) is 35.6 Å². The summed E-state index contributed by atoms with van der Waals surface area (Å²) >= 11 is 0. The normalized spacial score (nSPS) is 15.4. The van der Waals surface area contributed by atoms with Crippen LogP contribution in [0.3, 0.4) is 0 Å². The van der Waals surface area contributed by atoms with Crippen LogP contribution in [0.2, 0.25) is 0 Å². The van der Waals surface area contributed by atoms with E-state index in [1.807, 2.05) is 0 Å². The van der Waals surface area contributed by atoms with E-state index >= 15 is 0 Å². The Morgan fingerprint density at radius 1 is 1.32 bits per heavy atom. The maximum atomic E-state index is 11.6. The highest BCUT2D eigenvalue weighted by molar-refractivity contribution is 5.75. The first-order valence-electron chi connectivity index (χ1n) is 6.91. The Morgan fingerprint density at radius 3 is 2.74 bits per heavy atom. The fraction of sp³-hybridized carbons (Fsp3) is 0.533. The van der Waals surface area contributed by atoms with E-state index in [1.54, 1.807) is 19.0 Å². The van der Waals surface area contributed by atoms with Crippen molar-refractivity contribution in [2.24, 2.45) is 0 Å². The zero-order valence-corrected chi connectivity index (χ0v) is 11.9. The Bertz CT molecular complexity index is 425. The number of carbonyl (C=O) groups is 1. The summed E-state index contributed by atoms with van der Waals surface area (Å²) in [6, 6.07) is 8.57. The van der Waals surface area contributed by atoms with Gasteiger partial charge in [-0.2, -0.15) is 0 Å². The van der Waals surface area contributed by atoms with Crippen molar-refractivity contribution in [1.82, 2.24) is 10.2 Å².